The van der Waals surface area contributed by atoms with E-state index in [1.165, 1.54) is 5.56 Å². The number of anilines is 1. The van der Waals surface area contributed by atoms with Crippen molar-refractivity contribution in [3.63, 3.8) is 0 Å². The molecule has 0 amide bonds. The van der Waals surface area contributed by atoms with Crippen LogP contribution in [0.4, 0.5) is 5.82 Å². The Morgan fingerprint density at radius 3 is 2.75 bits per heavy atom. The van der Waals surface area contributed by atoms with E-state index in [1.807, 2.05) is 19.1 Å². The first-order chi connectivity index (χ1) is 13.5. The van der Waals surface area contributed by atoms with Crippen molar-refractivity contribution in [3.8, 4) is 11.4 Å². The minimum Gasteiger partial charge on any atom is -0.466 e. The smallest absolute Gasteiger partial charge is 0.314 e. The maximum absolute atomic E-state index is 12.8. The third-order valence-electron chi connectivity index (χ3n) is 6.24. The highest BCUT2D eigenvalue weighted by Crippen LogP contribution is 2.42. The van der Waals surface area contributed by atoms with E-state index in [1.54, 1.807) is 12.4 Å². The molecule has 0 spiro atoms. The molecule has 6 nitrogen and oxygen atoms in total. The first-order valence-electron chi connectivity index (χ1n) is 10.3. The predicted molar refractivity (Wildman–Crippen MR) is 108 cm³/mol. The molecule has 1 aliphatic heterocycles. The molecule has 0 N–H and O–H groups in total. The van der Waals surface area contributed by atoms with Gasteiger partial charge in [0.1, 0.15) is 5.82 Å². The van der Waals surface area contributed by atoms with Crippen molar-refractivity contribution in [2.45, 2.75) is 46.5 Å². The first-order valence-corrected chi connectivity index (χ1v) is 10.3. The van der Waals surface area contributed by atoms with Gasteiger partial charge in [-0.3, -0.25) is 9.78 Å². The van der Waals surface area contributed by atoms with Gasteiger partial charge in [-0.05, 0) is 50.7 Å². The Morgan fingerprint density at radius 2 is 2.04 bits per heavy atom. The Bertz CT molecular complexity index is 868. The summed E-state index contributed by atoms with van der Waals surface area (Å²) < 4.78 is 5.46. The minimum absolute atomic E-state index is 0.0763. The van der Waals surface area contributed by atoms with Crippen molar-refractivity contribution in [1.29, 1.82) is 0 Å². The number of hydrogen-bond donors (Lipinski definition) is 0. The standard InChI is InChI=1S/C22H28N4O2/c1-4-28-21(27)22(15(2)3)10-13-26(14-22)20-17-6-5-7-18(17)24-19(25-20)16-8-11-23-12-9-16/h8-9,11-12,15H,4-7,10,13-14H2,1-3H3. The summed E-state index contributed by atoms with van der Waals surface area (Å²) in [6.07, 6.45) is 7.44. The van der Waals surface area contributed by atoms with Crippen LogP contribution < -0.4 is 4.90 Å². The third kappa shape index (κ3) is 3.15. The average Bonchev–Trinajstić information content (AvgIpc) is 3.36. The van der Waals surface area contributed by atoms with Crippen LogP contribution in [0, 0.1) is 11.3 Å². The molecule has 1 fully saturated rings. The Kier molecular flexibility index (Phi) is 5.04. The summed E-state index contributed by atoms with van der Waals surface area (Å²) in [5.74, 6) is 1.89. The number of esters is 1. The lowest BCUT2D eigenvalue weighted by molar-refractivity contribution is -0.156. The van der Waals surface area contributed by atoms with Gasteiger partial charge in [0.25, 0.3) is 0 Å². The summed E-state index contributed by atoms with van der Waals surface area (Å²) in [5, 5.41) is 0. The van der Waals surface area contributed by atoms with Crippen molar-refractivity contribution in [3.05, 3.63) is 35.8 Å². The lowest BCUT2D eigenvalue weighted by Gasteiger charge is -2.31. The fourth-order valence-electron chi connectivity index (χ4n) is 4.47. The topological polar surface area (TPSA) is 68.2 Å². The second-order valence-corrected chi connectivity index (χ2v) is 8.09. The quantitative estimate of drug-likeness (QED) is 0.740. The van der Waals surface area contributed by atoms with Crippen molar-refractivity contribution in [2.24, 2.45) is 11.3 Å². The van der Waals surface area contributed by atoms with Crippen LogP contribution in [0.5, 0.6) is 0 Å². The van der Waals surface area contributed by atoms with Gasteiger partial charge in [-0.25, -0.2) is 9.97 Å². The van der Waals surface area contributed by atoms with Gasteiger partial charge in [-0.2, -0.15) is 0 Å². The summed E-state index contributed by atoms with van der Waals surface area (Å²) >= 11 is 0. The highest BCUT2D eigenvalue weighted by atomic mass is 16.5. The van der Waals surface area contributed by atoms with E-state index >= 15 is 0 Å². The molecule has 1 saturated heterocycles. The molecule has 0 bridgehead atoms. The van der Waals surface area contributed by atoms with Gasteiger partial charge in [0.05, 0.1) is 12.0 Å². The van der Waals surface area contributed by atoms with Crippen molar-refractivity contribution >= 4 is 11.8 Å². The van der Waals surface area contributed by atoms with E-state index in [2.05, 4.69) is 23.7 Å². The number of carbonyl (C=O) groups is 1. The number of fused-ring (bicyclic) bond motifs is 1. The number of nitrogens with zero attached hydrogens (tertiary/aromatic N) is 4. The molecule has 2 aromatic heterocycles. The van der Waals surface area contributed by atoms with Crippen LogP contribution in [0.15, 0.2) is 24.5 Å². The molecule has 1 atom stereocenters. The van der Waals surface area contributed by atoms with E-state index in [9.17, 15) is 4.79 Å². The van der Waals surface area contributed by atoms with Crippen LogP contribution in [0.3, 0.4) is 0 Å². The second-order valence-electron chi connectivity index (χ2n) is 8.09. The zero-order chi connectivity index (χ0) is 19.7. The number of aryl methyl sites for hydroxylation is 1. The third-order valence-corrected chi connectivity index (χ3v) is 6.24. The predicted octanol–water partition coefficient (Wildman–Crippen LogP) is 3.44. The maximum atomic E-state index is 12.8. The number of aromatic nitrogens is 3. The Morgan fingerprint density at radius 1 is 1.25 bits per heavy atom. The van der Waals surface area contributed by atoms with E-state index in [0.717, 1.165) is 55.1 Å². The summed E-state index contributed by atoms with van der Waals surface area (Å²) in [7, 11) is 0. The average molecular weight is 380 g/mol. The number of ether oxygens (including phenoxy) is 1. The zero-order valence-electron chi connectivity index (χ0n) is 16.9. The molecule has 2 aliphatic rings. The Labute approximate surface area is 166 Å². The SMILES string of the molecule is CCOC(=O)C1(C(C)C)CCN(c2nc(-c3ccncc3)nc3c2CCC3)C1. The highest BCUT2D eigenvalue weighted by molar-refractivity contribution is 5.79. The Hall–Kier alpha value is -2.50. The fraction of sp³-hybridized carbons (Fsp3) is 0.545. The van der Waals surface area contributed by atoms with Crippen LogP contribution in [-0.4, -0.2) is 40.6 Å². The van der Waals surface area contributed by atoms with Crippen molar-refractivity contribution in [1.82, 2.24) is 15.0 Å². The summed E-state index contributed by atoms with van der Waals surface area (Å²) in [6.45, 7) is 8.00. The summed E-state index contributed by atoms with van der Waals surface area (Å²) in [6, 6.07) is 3.89. The van der Waals surface area contributed by atoms with E-state index in [0.29, 0.717) is 13.2 Å². The number of hydrogen-bond acceptors (Lipinski definition) is 6. The van der Waals surface area contributed by atoms with Gasteiger partial charge < -0.3 is 9.64 Å². The van der Waals surface area contributed by atoms with Crippen LogP contribution in [0.2, 0.25) is 0 Å². The molecular formula is C22H28N4O2. The number of pyridine rings is 1. The van der Waals surface area contributed by atoms with Gasteiger partial charge in [0.15, 0.2) is 5.82 Å². The molecule has 148 valence electrons. The first kappa shape index (κ1) is 18.8. The Balaban J connectivity index is 1.72. The minimum atomic E-state index is -0.469. The van der Waals surface area contributed by atoms with E-state index in [-0.39, 0.29) is 11.9 Å². The second kappa shape index (κ2) is 7.49. The highest BCUT2D eigenvalue weighted by Gasteiger charge is 2.49. The van der Waals surface area contributed by atoms with Gasteiger partial charge >= 0.3 is 5.97 Å². The molecule has 1 unspecified atom stereocenters. The van der Waals surface area contributed by atoms with Crippen molar-refractivity contribution in [2.75, 3.05) is 24.6 Å². The molecule has 28 heavy (non-hydrogen) atoms. The molecule has 2 aromatic rings. The van der Waals surface area contributed by atoms with Gasteiger partial charge in [0, 0.05) is 42.3 Å². The van der Waals surface area contributed by atoms with E-state index in [4.69, 9.17) is 14.7 Å². The number of rotatable bonds is 5. The molecule has 3 heterocycles. The van der Waals surface area contributed by atoms with Crippen LogP contribution in [0.25, 0.3) is 11.4 Å². The fourth-order valence-corrected chi connectivity index (χ4v) is 4.47. The summed E-state index contributed by atoms with van der Waals surface area (Å²) in [4.78, 5) is 29.0. The molecule has 0 radical (unpaired) electrons. The molecule has 6 heteroatoms. The lowest BCUT2D eigenvalue weighted by Crippen LogP contribution is -2.41. The van der Waals surface area contributed by atoms with Gasteiger partial charge in [-0.1, -0.05) is 13.8 Å². The molecule has 0 saturated carbocycles. The van der Waals surface area contributed by atoms with Gasteiger partial charge in [0.2, 0.25) is 0 Å². The molecule has 1 aliphatic carbocycles. The zero-order valence-corrected chi connectivity index (χ0v) is 16.9. The summed E-state index contributed by atoms with van der Waals surface area (Å²) in [5.41, 5.74) is 2.91. The van der Waals surface area contributed by atoms with Crippen LogP contribution in [0.1, 0.15) is 44.9 Å². The lowest BCUT2D eigenvalue weighted by atomic mass is 9.76. The van der Waals surface area contributed by atoms with Crippen LogP contribution in [-0.2, 0) is 22.4 Å². The van der Waals surface area contributed by atoms with E-state index < -0.39 is 5.41 Å². The largest absolute Gasteiger partial charge is 0.466 e. The molecule has 4 rings (SSSR count). The monoisotopic (exact) mass is 380 g/mol. The molecular weight excluding hydrogens is 352 g/mol. The maximum Gasteiger partial charge on any atom is 0.314 e. The van der Waals surface area contributed by atoms with Crippen molar-refractivity contribution < 1.29 is 9.53 Å². The normalized spacial score (nSPS) is 21.2. The number of carbonyl (C=O) groups excluding carboxylic acids is 1. The molecule has 0 aromatic carbocycles. The van der Waals surface area contributed by atoms with Crippen LogP contribution >= 0.6 is 0 Å². The van der Waals surface area contributed by atoms with Gasteiger partial charge in [-0.15, -0.1) is 0 Å².